The van der Waals surface area contributed by atoms with Crippen molar-refractivity contribution < 1.29 is 69.7 Å². The summed E-state index contributed by atoms with van der Waals surface area (Å²) in [6.45, 7) is -0.779. The van der Waals surface area contributed by atoms with Gasteiger partial charge in [-0.2, -0.15) is 0 Å². The third kappa shape index (κ3) is 5.13. The van der Waals surface area contributed by atoms with Crippen LogP contribution in [0.25, 0.3) is 22.3 Å². The second kappa shape index (κ2) is 11.1. The van der Waals surface area contributed by atoms with Crippen molar-refractivity contribution in [3.8, 4) is 28.6 Å². The van der Waals surface area contributed by atoms with Crippen molar-refractivity contribution in [1.82, 2.24) is 0 Å². The molecule has 2 aromatic carbocycles. The molecule has 15 nitrogen and oxygen atoms in total. The Morgan fingerprint density at radius 3 is 2.00 bits per heavy atom. The van der Waals surface area contributed by atoms with E-state index in [0.717, 1.165) is 12.1 Å². The molecule has 2 aliphatic heterocycles. The van der Waals surface area contributed by atoms with Crippen LogP contribution in [0.2, 0.25) is 0 Å². The fourth-order valence-electron chi connectivity index (χ4n) is 4.86. The van der Waals surface area contributed by atoms with Gasteiger partial charge in [-0.25, -0.2) is 0 Å². The molecule has 222 valence electrons. The monoisotopic (exact) mass is 580 g/mol. The van der Waals surface area contributed by atoms with E-state index in [-0.39, 0.29) is 17.1 Å². The van der Waals surface area contributed by atoms with Crippen molar-refractivity contribution in [2.75, 3.05) is 6.61 Å². The Labute approximate surface area is 229 Å². The summed E-state index contributed by atoms with van der Waals surface area (Å²) in [6, 6.07) is 7.70. The van der Waals surface area contributed by atoms with E-state index in [0.29, 0.717) is 5.56 Å². The Bertz CT molecular complexity index is 1450. The maximum atomic E-state index is 13.0. The van der Waals surface area contributed by atoms with Crippen LogP contribution < -0.4 is 5.43 Å². The molecule has 5 rings (SSSR count). The van der Waals surface area contributed by atoms with Crippen LogP contribution in [0.5, 0.6) is 17.2 Å². The van der Waals surface area contributed by atoms with Gasteiger partial charge < -0.3 is 69.7 Å². The van der Waals surface area contributed by atoms with Crippen LogP contribution in [-0.4, -0.2) is 113 Å². The van der Waals surface area contributed by atoms with E-state index in [4.69, 9.17) is 18.6 Å². The zero-order chi connectivity index (χ0) is 29.7. The van der Waals surface area contributed by atoms with Crippen LogP contribution in [0.4, 0.5) is 0 Å². The first-order valence-electron chi connectivity index (χ1n) is 12.4. The number of aliphatic hydroxyl groups excluding tert-OH is 7. The van der Waals surface area contributed by atoms with Crippen molar-refractivity contribution in [2.24, 2.45) is 0 Å². The van der Waals surface area contributed by atoms with Gasteiger partial charge in [-0.15, -0.1) is 0 Å². The molecule has 10 atom stereocenters. The lowest BCUT2D eigenvalue weighted by Crippen LogP contribution is -2.62. The molecule has 2 aliphatic rings. The Kier molecular flexibility index (Phi) is 7.92. The number of phenols is 3. The molecule has 41 heavy (non-hydrogen) atoms. The second-order valence-electron chi connectivity index (χ2n) is 9.78. The second-order valence-corrected chi connectivity index (χ2v) is 9.78. The zero-order valence-electron chi connectivity index (χ0n) is 21.0. The van der Waals surface area contributed by atoms with Crippen molar-refractivity contribution in [1.29, 1.82) is 0 Å². The molecule has 0 amide bonds. The first-order valence-corrected chi connectivity index (χ1v) is 12.4. The molecule has 3 aromatic rings. The SMILES string of the molecule is O=c1cc(-c2ccc(O)cc2)oc2cc(O)c([C@@H]3O[C@H](O[C@@H]4O[C@H](CO)[C@@H](O)[C@H](O)[C@H]4O)[C@@H](O)[C@H](O)[C@H]3O)c(O)c12. The maximum absolute atomic E-state index is 13.0. The molecule has 0 spiro atoms. The molecule has 0 unspecified atom stereocenters. The number of hydrogen-bond acceptors (Lipinski definition) is 15. The van der Waals surface area contributed by atoms with E-state index < -0.39 is 95.9 Å². The van der Waals surface area contributed by atoms with Gasteiger partial charge in [-0.3, -0.25) is 4.79 Å². The molecule has 0 aliphatic carbocycles. The summed E-state index contributed by atoms with van der Waals surface area (Å²) in [5, 5.41) is 102. The van der Waals surface area contributed by atoms with Crippen LogP contribution in [0, 0.1) is 0 Å². The number of rotatable bonds is 5. The minimum absolute atomic E-state index is 0.0241. The van der Waals surface area contributed by atoms with Gasteiger partial charge in [0.15, 0.2) is 18.0 Å². The summed E-state index contributed by atoms with van der Waals surface area (Å²) in [5.41, 5.74) is -1.17. The highest BCUT2D eigenvalue weighted by Gasteiger charge is 2.51. The van der Waals surface area contributed by atoms with Gasteiger partial charge >= 0.3 is 0 Å². The summed E-state index contributed by atoms with van der Waals surface area (Å²) in [5.74, 6) is -1.58. The fourth-order valence-corrected chi connectivity index (χ4v) is 4.86. The van der Waals surface area contributed by atoms with Crippen LogP contribution in [-0.2, 0) is 14.2 Å². The van der Waals surface area contributed by atoms with Crippen molar-refractivity contribution in [3.05, 3.63) is 52.2 Å². The lowest BCUT2D eigenvalue weighted by molar-refractivity contribution is -0.376. The molecule has 10 N–H and O–H groups in total. The van der Waals surface area contributed by atoms with Crippen LogP contribution in [0.1, 0.15) is 11.7 Å². The molecule has 3 heterocycles. The van der Waals surface area contributed by atoms with Gasteiger partial charge in [-0.05, 0) is 24.3 Å². The van der Waals surface area contributed by atoms with Gasteiger partial charge in [0.25, 0.3) is 0 Å². The highest BCUT2D eigenvalue weighted by atomic mass is 16.8. The number of hydrogen-bond donors (Lipinski definition) is 10. The van der Waals surface area contributed by atoms with Gasteiger partial charge in [-0.1, -0.05) is 0 Å². The molecule has 1 aromatic heterocycles. The Morgan fingerprint density at radius 1 is 0.756 bits per heavy atom. The summed E-state index contributed by atoms with van der Waals surface area (Å²) in [7, 11) is 0. The van der Waals surface area contributed by atoms with Crippen LogP contribution in [0.15, 0.2) is 45.6 Å². The summed E-state index contributed by atoms with van der Waals surface area (Å²) >= 11 is 0. The topological polar surface area (TPSA) is 260 Å². The van der Waals surface area contributed by atoms with Crippen molar-refractivity contribution >= 4 is 11.0 Å². The molecule has 15 heteroatoms. The first-order chi connectivity index (χ1) is 19.4. The average Bonchev–Trinajstić information content (AvgIpc) is 2.94. The van der Waals surface area contributed by atoms with Gasteiger partial charge in [0.05, 0.1) is 12.2 Å². The number of ether oxygens (including phenoxy) is 3. The molecule has 0 saturated carbocycles. The predicted octanol–water partition coefficient (Wildman–Crippen LogP) is -2.13. The number of aromatic hydroxyl groups is 3. The summed E-state index contributed by atoms with van der Waals surface area (Å²) in [4.78, 5) is 13.0. The number of benzene rings is 2. The molecule has 2 saturated heterocycles. The summed E-state index contributed by atoms with van der Waals surface area (Å²) < 4.78 is 21.8. The van der Waals surface area contributed by atoms with E-state index in [9.17, 15) is 55.9 Å². The van der Waals surface area contributed by atoms with Gasteiger partial charge in [0, 0.05) is 17.7 Å². The van der Waals surface area contributed by atoms with E-state index in [2.05, 4.69) is 0 Å². The highest BCUT2D eigenvalue weighted by Crippen LogP contribution is 2.45. The Balaban J connectivity index is 1.49. The van der Waals surface area contributed by atoms with Gasteiger partial charge in [0.2, 0.25) is 0 Å². The van der Waals surface area contributed by atoms with Gasteiger partial charge in [0.1, 0.15) is 82.8 Å². The Hall–Kier alpha value is -3.35. The molecule has 0 bridgehead atoms. The third-order valence-electron chi connectivity index (χ3n) is 7.13. The normalized spacial score (nSPS) is 34.1. The maximum Gasteiger partial charge on any atom is 0.197 e. The largest absolute Gasteiger partial charge is 0.508 e. The quantitative estimate of drug-likeness (QED) is 0.155. The molecular formula is C26H28O15. The van der Waals surface area contributed by atoms with E-state index in [1.807, 2.05) is 0 Å². The predicted molar refractivity (Wildman–Crippen MR) is 133 cm³/mol. The third-order valence-corrected chi connectivity index (χ3v) is 7.13. The van der Waals surface area contributed by atoms with Crippen molar-refractivity contribution in [2.45, 2.75) is 61.4 Å². The Morgan fingerprint density at radius 2 is 1.37 bits per heavy atom. The number of aliphatic hydroxyl groups is 7. The van der Waals surface area contributed by atoms with Crippen molar-refractivity contribution in [3.63, 3.8) is 0 Å². The van der Waals surface area contributed by atoms with Crippen LogP contribution >= 0.6 is 0 Å². The highest BCUT2D eigenvalue weighted by molar-refractivity contribution is 5.88. The standard InChI is InChI=1S/C26H28O15/c27-7-14-17(31)19(33)22(36)25(39-14)41-26-23(37)20(34)21(35)24(40-26)16-11(30)6-13-15(18(16)32)10(29)5-12(38-13)8-1-3-9(28)4-2-8/h1-6,14,17,19-28,30-37H,7H2/t14-,17-,19+,20-,21-,22-,23+,24+,25+,26-/m1/s1. The number of fused-ring (bicyclic) bond motifs is 1. The van der Waals surface area contributed by atoms with E-state index in [1.54, 1.807) is 0 Å². The fraction of sp³-hybridized carbons (Fsp3) is 0.423. The van der Waals surface area contributed by atoms with Crippen LogP contribution in [0.3, 0.4) is 0 Å². The van der Waals surface area contributed by atoms with E-state index >= 15 is 0 Å². The zero-order valence-corrected chi connectivity index (χ0v) is 21.0. The smallest absolute Gasteiger partial charge is 0.197 e. The molecular weight excluding hydrogens is 552 g/mol. The molecule has 2 fully saturated rings. The lowest BCUT2D eigenvalue weighted by Gasteiger charge is -2.45. The minimum atomic E-state index is -2.02. The first kappa shape index (κ1) is 29.2. The average molecular weight is 580 g/mol. The lowest BCUT2D eigenvalue weighted by atomic mass is 9.91. The summed E-state index contributed by atoms with van der Waals surface area (Å²) in [6.07, 6.45) is -18.4. The van der Waals surface area contributed by atoms with E-state index in [1.165, 1.54) is 24.3 Å². The molecule has 0 radical (unpaired) electrons. The minimum Gasteiger partial charge on any atom is -0.508 e. The number of phenolic OH excluding ortho intramolecular Hbond substituents is 3.